The van der Waals surface area contributed by atoms with Gasteiger partial charge in [-0.15, -0.1) is 11.3 Å². The molecule has 2 nitrogen and oxygen atoms in total. The number of thiazole rings is 1. The maximum Gasteiger partial charge on any atom is 0.0928 e. The van der Waals surface area contributed by atoms with Crippen LogP contribution in [0.25, 0.3) is 0 Å². The van der Waals surface area contributed by atoms with Crippen molar-refractivity contribution < 1.29 is 0 Å². The smallest absolute Gasteiger partial charge is 0.0928 e. The molecule has 1 aromatic rings. The van der Waals surface area contributed by atoms with Gasteiger partial charge >= 0.3 is 0 Å². The fraction of sp³-hybridized carbons (Fsp3) is 0.769. The molecule has 0 aromatic carbocycles. The van der Waals surface area contributed by atoms with Gasteiger partial charge in [-0.25, -0.2) is 4.98 Å². The van der Waals surface area contributed by atoms with Crippen molar-refractivity contribution >= 4 is 11.3 Å². The van der Waals surface area contributed by atoms with E-state index < -0.39 is 0 Å². The summed E-state index contributed by atoms with van der Waals surface area (Å²) in [6.07, 6.45) is 8.03. The molecule has 0 radical (unpaired) electrons. The lowest BCUT2D eigenvalue weighted by atomic mass is 9.83. The lowest BCUT2D eigenvalue weighted by Crippen LogP contribution is -2.10. The molecule has 1 unspecified atom stereocenters. The molecule has 0 bridgehead atoms. The average molecular weight is 236 g/mol. The monoisotopic (exact) mass is 236 g/mol. The van der Waals surface area contributed by atoms with Gasteiger partial charge in [-0.05, 0) is 51.1 Å². The van der Waals surface area contributed by atoms with Gasteiger partial charge in [0.15, 0.2) is 0 Å². The van der Waals surface area contributed by atoms with Crippen molar-refractivity contribution in [2.45, 2.75) is 44.4 Å². The van der Waals surface area contributed by atoms with E-state index in [1.807, 2.05) is 11.3 Å². The number of rotatable bonds is 4. The van der Waals surface area contributed by atoms with Crippen LogP contribution in [-0.4, -0.2) is 18.1 Å². The second-order valence-corrected chi connectivity index (χ2v) is 6.13. The molecule has 1 aliphatic heterocycles. The van der Waals surface area contributed by atoms with Crippen molar-refractivity contribution in [3.8, 4) is 0 Å². The number of aromatic nitrogens is 1. The molecule has 88 valence electrons. The van der Waals surface area contributed by atoms with E-state index in [0.29, 0.717) is 0 Å². The van der Waals surface area contributed by atoms with Crippen molar-refractivity contribution in [3.05, 3.63) is 16.1 Å². The van der Waals surface area contributed by atoms with E-state index in [4.69, 9.17) is 4.98 Å². The summed E-state index contributed by atoms with van der Waals surface area (Å²) >= 11 is 1.88. The van der Waals surface area contributed by atoms with Crippen LogP contribution in [-0.2, 0) is 6.42 Å². The first-order valence-electron chi connectivity index (χ1n) is 6.57. The van der Waals surface area contributed by atoms with E-state index in [1.165, 1.54) is 62.3 Å². The third-order valence-corrected chi connectivity index (χ3v) is 4.95. The average Bonchev–Trinajstić information content (AvgIpc) is 2.81. The minimum absolute atomic E-state index is 0.804. The molecule has 0 amide bonds. The predicted molar refractivity (Wildman–Crippen MR) is 68.0 cm³/mol. The summed E-state index contributed by atoms with van der Waals surface area (Å²) in [4.78, 5) is 4.79. The molecule has 1 aromatic heterocycles. The highest BCUT2D eigenvalue weighted by Crippen LogP contribution is 2.36. The first-order chi connectivity index (χ1) is 7.92. The van der Waals surface area contributed by atoms with Crippen molar-refractivity contribution in [3.63, 3.8) is 0 Å². The molecular formula is C13H20N2S. The molecule has 16 heavy (non-hydrogen) atoms. The Labute approximate surface area is 101 Å². The van der Waals surface area contributed by atoms with Gasteiger partial charge in [-0.1, -0.05) is 6.42 Å². The Bertz CT molecular complexity index is 337. The fourth-order valence-corrected chi connectivity index (χ4v) is 3.52. The summed E-state index contributed by atoms with van der Waals surface area (Å²) in [5.74, 6) is 1.70. The fourth-order valence-electron chi connectivity index (χ4n) is 2.62. The van der Waals surface area contributed by atoms with E-state index in [9.17, 15) is 0 Å². The maximum atomic E-state index is 4.79. The first-order valence-corrected chi connectivity index (χ1v) is 7.45. The Hall–Kier alpha value is -0.410. The van der Waals surface area contributed by atoms with Gasteiger partial charge in [0.05, 0.1) is 10.7 Å². The standard InChI is InChI=1S/C13H20N2S/c1-2-11(3-1)12-9-16-13(15-12)5-4-10-6-7-14-8-10/h9-11,14H,1-8H2. The summed E-state index contributed by atoms with van der Waals surface area (Å²) in [6, 6.07) is 0. The SMILES string of the molecule is c1sc(CCC2CCNC2)nc1C1CCC1. The summed E-state index contributed by atoms with van der Waals surface area (Å²) in [7, 11) is 0. The summed E-state index contributed by atoms with van der Waals surface area (Å²) in [5.41, 5.74) is 1.38. The number of hydrogen-bond acceptors (Lipinski definition) is 3. The van der Waals surface area contributed by atoms with Crippen LogP contribution in [0.15, 0.2) is 5.38 Å². The molecule has 1 N–H and O–H groups in total. The second kappa shape index (κ2) is 4.84. The molecule has 1 saturated carbocycles. The molecule has 2 fully saturated rings. The van der Waals surface area contributed by atoms with Crippen molar-refractivity contribution in [2.75, 3.05) is 13.1 Å². The zero-order valence-corrected chi connectivity index (χ0v) is 10.6. The zero-order valence-electron chi connectivity index (χ0n) is 9.74. The zero-order chi connectivity index (χ0) is 10.8. The van der Waals surface area contributed by atoms with Crippen LogP contribution in [0.4, 0.5) is 0 Å². The van der Waals surface area contributed by atoms with Crippen molar-refractivity contribution in [1.29, 1.82) is 0 Å². The number of nitrogens with one attached hydrogen (secondary N) is 1. The number of aryl methyl sites for hydroxylation is 1. The quantitative estimate of drug-likeness (QED) is 0.869. The molecular weight excluding hydrogens is 216 g/mol. The van der Waals surface area contributed by atoms with E-state index >= 15 is 0 Å². The van der Waals surface area contributed by atoms with E-state index in [-0.39, 0.29) is 0 Å². The van der Waals surface area contributed by atoms with E-state index in [0.717, 1.165) is 11.8 Å². The van der Waals surface area contributed by atoms with Gasteiger partial charge in [-0.2, -0.15) is 0 Å². The summed E-state index contributed by atoms with van der Waals surface area (Å²) in [5, 5.41) is 7.10. The molecule has 3 heteroatoms. The van der Waals surface area contributed by atoms with Crippen molar-refractivity contribution in [1.82, 2.24) is 10.3 Å². The van der Waals surface area contributed by atoms with Crippen LogP contribution in [0, 0.1) is 5.92 Å². The third kappa shape index (κ3) is 2.30. The van der Waals surface area contributed by atoms with Crippen LogP contribution in [0.3, 0.4) is 0 Å². The Morgan fingerprint density at radius 3 is 3.00 bits per heavy atom. The van der Waals surface area contributed by atoms with Crippen LogP contribution in [0.1, 0.15) is 48.7 Å². The normalized spacial score (nSPS) is 25.9. The topological polar surface area (TPSA) is 24.9 Å². The molecule has 1 aliphatic carbocycles. The Kier molecular flexibility index (Phi) is 3.25. The Morgan fingerprint density at radius 1 is 1.38 bits per heavy atom. The Morgan fingerprint density at radius 2 is 2.31 bits per heavy atom. The van der Waals surface area contributed by atoms with Crippen LogP contribution >= 0.6 is 11.3 Å². The Balaban J connectivity index is 1.51. The molecule has 1 saturated heterocycles. The molecule has 0 spiro atoms. The highest BCUT2D eigenvalue weighted by atomic mass is 32.1. The molecule has 3 rings (SSSR count). The van der Waals surface area contributed by atoms with Gasteiger partial charge in [0.1, 0.15) is 0 Å². The van der Waals surface area contributed by atoms with Gasteiger partial charge < -0.3 is 5.32 Å². The second-order valence-electron chi connectivity index (χ2n) is 5.19. The minimum atomic E-state index is 0.804. The van der Waals surface area contributed by atoms with E-state index in [2.05, 4.69) is 10.7 Å². The largest absolute Gasteiger partial charge is 0.316 e. The molecule has 2 heterocycles. The third-order valence-electron chi connectivity index (χ3n) is 4.02. The highest BCUT2D eigenvalue weighted by Gasteiger charge is 2.22. The maximum absolute atomic E-state index is 4.79. The van der Waals surface area contributed by atoms with Crippen molar-refractivity contribution in [2.24, 2.45) is 5.92 Å². The van der Waals surface area contributed by atoms with Crippen LogP contribution < -0.4 is 5.32 Å². The minimum Gasteiger partial charge on any atom is -0.316 e. The molecule has 1 atom stereocenters. The van der Waals surface area contributed by atoms with Gasteiger partial charge in [-0.3, -0.25) is 0 Å². The van der Waals surface area contributed by atoms with Gasteiger partial charge in [0.2, 0.25) is 0 Å². The van der Waals surface area contributed by atoms with Crippen LogP contribution in [0.5, 0.6) is 0 Å². The summed E-state index contributed by atoms with van der Waals surface area (Å²) in [6.45, 7) is 2.44. The lowest BCUT2D eigenvalue weighted by Gasteiger charge is -2.23. The number of nitrogens with zero attached hydrogens (tertiary/aromatic N) is 1. The van der Waals surface area contributed by atoms with Gasteiger partial charge in [0.25, 0.3) is 0 Å². The first kappa shape index (κ1) is 10.7. The highest BCUT2D eigenvalue weighted by molar-refractivity contribution is 7.09. The van der Waals surface area contributed by atoms with E-state index in [1.54, 1.807) is 0 Å². The molecule has 2 aliphatic rings. The number of hydrogen-bond donors (Lipinski definition) is 1. The lowest BCUT2D eigenvalue weighted by molar-refractivity contribution is 0.412. The van der Waals surface area contributed by atoms with Crippen LogP contribution in [0.2, 0.25) is 0 Å². The van der Waals surface area contributed by atoms with Gasteiger partial charge in [0, 0.05) is 11.3 Å². The predicted octanol–water partition coefficient (Wildman–Crippen LogP) is 2.95. The summed E-state index contributed by atoms with van der Waals surface area (Å²) < 4.78 is 0.